The summed E-state index contributed by atoms with van der Waals surface area (Å²) >= 11 is 0. The normalized spacial score (nSPS) is 9.14. The molecule has 72 valence electrons. The third-order valence-corrected chi connectivity index (χ3v) is 1.78. The van der Waals surface area contributed by atoms with Crippen LogP contribution >= 0.6 is 0 Å². The van der Waals surface area contributed by atoms with Crippen molar-refractivity contribution in [2.45, 2.75) is 13.3 Å². The smallest absolute Gasteiger partial charge is 0.224 e. The molecule has 0 aromatic heterocycles. The van der Waals surface area contributed by atoms with Crippen molar-refractivity contribution in [2.75, 3.05) is 11.1 Å². The second kappa shape index (κ2) is 4.28. The minimum absolute atomic E-state index is 0.0959. The summed E-state index contributed by atoms with van der Waals surface area (Å²) in [4.78, 5) is 11.1. The maximum absolute atomic E-state index is 11.1. The number of anilines is 2. The fourth-order valence-electron chi connectivity index (χ4n) is 0.985. The van der Waals surface area contributed by atoms with E-state index in [-0.39, 0.29) is 5.91 Å². The highest BCUT2D eigenvalue weighted by molar-refractivity contribution is 5.93. The standard InChI is InChI=1S/C10H11N3O/c1-2-10(14)13-9-4-3-7(6-11)5-8(9)12/h3-5H,2,12H2,1H3,(H,13,14). The van der Waals surface area contributed by atoms with E-state index >= 15 is 0 Å². The van der Waals surface area contributed by atoms with Gasteiger partial charge in [0.25, 0.3) is 0 Å². The lowest BCUT2D eigenvalue weighted by Crippen LogP contribution is -2.11. The molecule has 4 heteroatoms. The van der Waals surface area contributed by atoms with E-state index in [2.05, 4.69) is 5.32 Å². The lowest BCUT2D eigenvalue weighted by Gasteiger charge is -2.06. The Labute approximate surface area is 82.3 Å². The highest BCUT2D eigenvalue weighted by Crippen LogP contribution is 2.19. The Balaban J connectivity index is 2.90. The van der Waals surface area contributed by atoms with Crippen molar-refractivity contribution in [3.05, 3.63) is 23.8 Å². The van der Waals surface area contributed by atoms with Crippen LogP contribution in [-0.4, -0.2) is 5.91 Å². The number of nitrogens with two attached hydrogens (primary N) is 1. The molecule has 0 bridgehead atoms. The largest absolute Gasteiger partial charge is 0.397 e. The number of benzene rings is 1. The lowest BCUT2D eigenvalue weighted by atomic mass is 10.2. The molecule has 0 saturated carbocycles. The van der Waals surface area contributed by atoms with Crippen LogP contribution < -0.4 is 11.1 Å². The minimum Gasteiger partial charge on any atom is -0.397 e. The van der Waals surface area contributed by atoms with E-state index in [9.17, 15) is 4.79 Å². The van der Waals surface area contributed by atoms with Crippen molar-refractivity contribution < 1.29 is 4.79 Å². The van der Waals surface area contributed by atoms with Crippen molar-refractivity contribution in [1.82, 2.24) is 0 Å². The number of nitrogens with one attached hydrogen (secondary N) is 1. The van der Waals surface area contributed by atoms with Crippen LogP contribution in [0, 0.1) is 11.3 Å². The Morgan fingerprint density at radius 1 is 1.64 bits per heavy atom. The third-order valence-electron chi connectivity index (χ3n) is 1.78. The molecule has 1 aromatic rings. The molecular formula is C10H11N3O. The first-order chi connectivity index (χ1) is 6.67. The molecule has 0 unspecified atom stereocenters. The number of carbonyl (C=O) groups is 1. The molecule has 0 saturated heterocycles. The molecule has 0 spiro atoms. The zero-order chi connectivity index (χ0) is 10.6. The molecule has 3 N–H and O–H groups in total. The van der Waals surface area contributed by atoms with Crippen molar-refractivity contribution in [2.24, 2.45) is 0 Å². The van der Waals surface area contributed by atoms with Crippen LogP contribution in [0.1, 0.15) is 18.9 Å². The maximum Gasteiger partial charge on any atom is 0.224 e. The molecule has 0 aliphatic carbocycles. The highest BCUT2D eigenvalue weighted by Gasteiger charge is 2.03. The molecule has 0 atom stereocenters. The molecule has 0 aliphatic rings. The SMILES string of the molecule is CCC(=O)Nc1ccc(C#N)cc1N. The van der Waals surface area contributed by atoms with Gasteiger partial charge in [-0.3, -0.25) is 4.79 Å². The minimum atomic E-state index is -0.0959. The first-order valence-corrected chi connectivity index (χ1v) is 4.27. The number of nitrogen functional groups attached to an aromatic ring is 1. The summed E-state index contributed by atoms with van der Waals surface area (Å²) < 4.78 is 0. The van der Waals surface area contributed by atoms with Crippen LogP contribution in [0.15, 0.2) is 18.2 Å². The fraction of sp³-hybridized carbons (Fsp3) is 0.200. The van der Waals surface area contributed by atoms with Gasteiger partial charge in [-0.25, -0.2) is 0 Å². The Bertz CT molecular complexity index is 393. The van der Waals surface area contributed by atoms with Crippen LogP contribution in [0.2, 0.25) is 0 Å². The number of hydrogen-bond donors (Lipinski definition) is 2. The topological polar surface area (TPSA) is 78.9 Å². The third kappa shape index (κ3) is 2.23. The van der Waals surface area contributed by atoms with E-state index in [1.165, 1.54) is 6.07 Å². The van der Waals surface area contributed by atoms with Crippen molar-refractivity contribution >= 4 is 17.3 Å². The number of rotatable bonds is 2. The Hall–Kier alpha value is -2.02. The molecule has 0 aliphatic heterocycles. The Morgan fingerprint density at radius 2 is 2.36 bits per heavy atom. The van der Waals surface area contributed by atoms with Crippen LogP contribution in [0.5, 0.6) is 0 Å². The quantitative estimate of drug-likeness (QED) is 0.692. The van der Waals surface area contributed by atoms with E-state index in [0.717, 1.165) is 0 Å². The lowest BCUT2D eigenvalue weighted by molar-refractivity contribution is -0.115. The number of carbonyl (C=O) groups excluding carboxylic acids is 1. The Morgan fingerprint density at radius 3 is 2.86 bits per heavy atom. The summed E-state index contributed by atoms with van der Waals surface area (Å²) in [5.74, 6) is -0.0959. The molecule has 4 nitrogen and oxygen atoms in total. The van der Waals surface area contributed by atoms with Crippen molar-refractivity contribution in [1.29, 1.82) is 5.26 Å². The molecule has 0 radical (unpaired) electrons. The van der Waals surface area contributed by atoms with Crippen LogP contribution in [0.25, 0.3) is 0 Å². The summed E-state index contributed by atoms with van der Waals surface area (Å²) in [5.41, 5.74) is 7.08. The molecule has 0 heterocycles. The zero-order valence-electron chi connectivity index (χ0n) is 7.87. The number of hydrogen-bond acceptors (Lipinski definition) is 3. The van der Waals surface area contributed by atoms with Gasteiger partial charge in [-0.2, -0.15) is 5.26 Å². The number of amides is 1. The van der Waals surface area contributed by atoms with E-state index in [0.29, 0.717) is 23.4 Å². The molecule has 14 heavy (non-hydrogen) atoms. The fourth-order valence-corrected chi connectivity index (χ4v) is 0.985. The van der Waals surface area contributed by atoms with E-state index < -0.39 is 0 Å². The van der Waals surface area contributed by atoms with Crippen LogP contribution in [0.3, 0.4) is 0 Å². The summed E-state index contributed by atoms with van der Waals surface area (Å²) in [7, 11) is 0. The van der Waals surface area contributed by atoms with Gasteiger partial charge >= 0.3 is 0 Å². The van der Waals surface area contributed by atoms with E-state index in [1.54, 1.807) is 19.1 Å². The van der Waals surface area contributed by atoms with Crippen LogP contribution in [0.4, 0.5) is 11.4 Å². The summed E-state index contributed by atoms with van der Waals surface area (Å²) in [6.07, 6.45) is 0.402. The highest BCUT2D eigenvalue weighted by atomic mass is 16.1. The molecule has 1 amide bonds. The number of nitrogens with zero attached hydrogens (tertiary/aromatic N) is 1. The van der Waals surface area contributed by atoms with Crippen LogP contribution in [-0.2, 0) is 4.79 Å². The van der Waals surface area contributed by atoms with Gasteiger partial charge in [-0.1, -0.05) is 6.92 Å². The van der Waals surface area contributed by atoms with E-state index in [4.69, 9.17) is 11.0 Å². The molecule has 0 fully saturated rings. The number of nitriles is 1. The van der Waals surface area contributed by atoms with Gasteiger partial charge in [0.1, 0.15) is 0 Å². The van der Waals surface area contributed by atoms with Gasteiger partial charge in [-0.05, 0) is 18.2 Å². The molecule has 1 aromatic carbocycles. The first-order valence-electron chi connectivity index (χ1n) is 4.27. The maximum atomic E-state index is 11.1. The van der Waals surface area contributed by atoms with Crippen molar-refractivity contribution in [3.63, 3.8) is 0 Å². The van der Waals surface area contributed by atoms with Gasteiger partial charge in [0.15, 0.2) is 0 Å². The van der Waals surface area contributed by atoms with Crippen molar-refractivity contribution in [3.8, 4) is 6.07 Å². The summed E-state index contributed by atoms with van der Waals surface area (Å²) in [6.45, 7) is 1.76. The zero-order valence-corrected chi connectivity index (χ0v) is 7.87. The van der Waals surface area contributed by atoms with Gasteiger partial charge < -0.3 is 11.1 Å². The Kier molecular flexibility index (Phi) is 3.08. The summed E-state index contributed by atoms with van der Waals surface area (Å²) in [5, 5.41) is 11.2. The van der Waals surface area contributed by atoms with Gasteiger partial charge in [0.2, 0.25) is 5.91 Å². The predicted octanol–water partition coefficient (Wildman–Crippen LogP) is 1.49. The second-order valence-corrected chi connectivity index (χ2v) is 2.82. The van der Waals surface area contributed by atoms with Gasteiger partial charge in [-0.15, -0.1) is 0 Å². The van der Waals surface area contributed by atoms with E-state index in [1.807, 2.05) is 6.07 Å². The summed E-state index contributed by atoms with van der Waals surface area (Å²) in [6, 6.07) is 6.74. The van der Waals surface area contributed by atoms with Gasteiger partial charge in [0, 0.05) is 6.42 Å². The predicted molar refractivity (Wildman–Crippen MR) is 54.5 cm³/mol. The monoisotopic (exact) mass is 189 g/mol. The molecule has 1 rings (SSSR count). The molecular weight excluding hydrogens is 178 g/mol. The average molecular weight is 189 g/mol. The second-order valence-electron chi connectivity index (χ2n) is 2.82. The first kappa shape index (κ1) is 10.1. The van der Waals surface area contributed by atoms with Gasteiger partial charge in [0.05, 0.1) is 23.0 Å². The average Bonchev–Trinajstić information content (AvgIpc) is 2.20.